The molecule has 0 aliphatic heterocycles. The maximum atomic E-state index is 12.1. The number of aromatic nitrogens is 1. The SMILES string of the molecule is CCOc1ccc(NC(=O)c2cccc(CN)c2)cn1. The number of ether oxygens (including phenoxy) is 1. The lowest BCUT2D eigenvalue weighted by Gasteiger charge is -2.07. The average Bonchev–Trinajstić information content (AvgIpc) is 2.49. The number of nitrogens with two attached hydrogens (primary N) is 1. The lowest BCUT2D eigenvalue weighted by atomic mass is 10.1. The van der Waals surface area contributed by atoms with Gasteiger partial charge in [-0.3, -0.25) is 4.79 Å². The molecule has 0 bridgehead atoms. The molecule has 20 heavy (non-hydrogen) atoms. The summed E-state index contributed by atoms with van der Waals surface area (Å²) in [6, 6.07) is 10.7. The molecule has 0 aliphatic carbocycles. The number of nitrogens with zero attached hydrogens (tertiary/aromatic N) is 1. The summed E-state index contributed by atoms with van der Waals surface area (Å²) in [5.41, 5.74) is 7.67. The largest absolute Gasteiger partial charge is 0.478 e. The minimum Gasteiger partial charge on any atom is -0.478 e. The highest BCUT2D eigenvalue weighted by Gasteiger charge is 2.07. The molecule has 5 heteroatoms. The first-order chi connectivity index (χ1) is 9.72. The Hall–Kier alpha value is -2.40. The highest BCUT2D eigenvalue weighted by Crippen LogP contribution is 2.13. The summed E-state index contributed by atoms with van der Waals surface area (Å²) in [6.45, 7) is 2.86. The van der Waals surface area contributed by atoms with Gasteiger partial charge in [0.05, 0.1) is 18.5 Å². The standard InChI is InChI=1S/C15H17N3O2/c1-2-20-14-7-6-13(10-17-14)18-15(19)12-5-3-4-11(8-12)9-16/h3-8,10H,2,9,16H2,1H3,(H,18,19). The van der Waals surface area contributed by atoms with E-state index in [9.17, 15) is 4.79 Å². The zero-order chi connectivity index (χ0) is 14.4. The summed E-state index contributed by atoms with van der Waals surface area (Å²) in [4.78, 5) is 16.2. The van der Waals surface area contributed by atoms with Crippen molar-refractivity contribution in [3.8, 4) is 5.88 Å². The topological polar surface area (TPSA) is 77.2 Å². The number of hydrogen-bond donors (Lipinski definition) is 2. The number of nitrogens with one attached hydrogen (secondary N) is 1. The zero-order valence-electron chi connectivity index (χ0n) is 11.3. The summed E-state index contributed by atoms with van der Waals surface area (Å²) in [5, 5.41) is 2.78. The number of hydrogen-bond acceptors (Lipinski definition) is 4. The molecule has 1 heterocycles. The fourth-order valence-electron chi connectivity index (χ4n) is 1.73. The van der Waals surface area contributed by atoms with Gasteiger partial charge in [-0.1, -0.05) is 12.1 Å². The molecule has 1 aromatic heterocycles. The van der Waals surface area contributed by atoms with Crippen molar-refractivity contribution in [1.82, 2.24) is 4.98 Å². The number of pyridine rings is 1. The van der Waals surface area contributed by atoms with Gasteiger partial charge in [-0.15, -0.1) is 0 Å². The first-order valence-electron chi connectivity index (χ1n) is 6.42. The van der Waals surface area contributed by atoms with Gasteiger partial charge >= 0.3 is 0 Å². The summed E-state index contributed by atoms with van der Waals surface area (Å²) >= 11 is 0. The molecule has 3 N–H and O–H groups in total. The van der Waals surface area contributed by atoms with E-state index in [1.165, 1.54) is 0 Å². The molecule has 1 amide bonds. The van der Waals surface area contributed by atoms with Crippen LogP contribution in [0.1, 0.15) is 22.8 Å². The van der Waals surface area contributed by atoms with Crippen molar-refractivity contribution in [1.29, 1.82) is 0 Å². The quantitative estimate of drug-likeness (QED) is 0.874. The van der Waals surface area contributed by atoms with Gasteiger partial charge in [-0.05, 0) is 30.7 Å². The lowest BCUT2D eigenvalue weighted by molar-refractivity contribution is 0.102. The van der Waals surface area contributed by atoms with Gasteiger partial charge in [0.2, 0.25) is 5.88 Å². The Morgan fingerprint density at radius 2 is 2.20 bits per heavy atom. The van der Waals surface area contributed by atoms with Crippen LogP contribution in [0.2, 0.25) is 0 Å². The predicted octanol–water partition coefficient (Wildman–Crippen LogP) is 2.19. The second kappa shape index (κ2) is 6.68. The van der Waals surface area contributed by atoms with E-state index in [1.54, 1.807) is 30.5 Å². The zero-order valence-corrected chi connectivity index (χ0v) is 11.3. The van der Waals surface area contributed by atoms with Gasteiger partial charge in [0.15, 0.2) is 0 Å². The fourth-order valence-corrected chi connectivity index (χ4v) is 1.73. The molecule has 5 nitrogen and oxygen atoms in total. The Balaban J connectivity index is 2.06. The molecular formula is C15H17N3O2. The van der Waals surface area contributed by atoms with Crippen LogP contribution in [-0.4, -0.2) is 17.5 Å². The van der Waals surface area contributed by atoms with E-state index in [0.29, 0.717) is 30.3 Å². The fraction of sp³-hybridized carbons (Fsp3) is 0.200. The molecule has 0 atom stereocenters. The van der Waals surface area contributed by atoms with Crippen molar-refractivity contribution in [2.45, 2.75) is 13.5 Å². The molecular weight excluding hydrogens is 254 g/mol. The Bertz CT molecular complexity index is 582. The molecule has 0 radical (unpaired) electrons. The van der Waals surface area contributed by atoms with Crippen LogP contribution < -0.4 is 15.8 Å². The van der Waals surface area contributed by atoms with Crippen molar-refractivity contribution in [2.24, 2.45) is 5.73 Å². The molecule has 104 valence electrons. The van der Waals surface area contributed by atoms with Gasteiger partial charge in [-0.25, -0.2) is 4.98 Å². The summed E-state index contributed by atoms with van der Waals surface area (Å²) < 4.78 is 5.24. The van der Waals surface area contributed by atoms with Crippen molar-refractivity contribution in [3.63, 3.8) is 0 Å². The van der Waals surface area contributed by atoms with E-state index in [-0.39, 0.29) is 5.91 Å². The Morgan fingerprint density at radius 3 is 2.85 bits per heavy atom. The second-order valence-electron chi connectivity index (χ2n) is 4.18. The number of carbonyl (C=O) groups excluding carboxylic acids is 1. The normalized spacial score (nSPS) is 10.1. The first kappa shape index (κ1) is 14.0. The minimum atomic E-state index is -0.189. The van der Waals surface area contributed by atoms with E-state index in [2.05, 4.69) is 10.3 Å². The van der Waals surface area contributed by atoms with Gasteiger partial charge in [0.25, 0.3) is 5.91 Å². The minimum absolute atomic E-state index is 0.189. The average molecular weight is 271 g/mol. The highest BCUT2D eigenvalue weighted by molar-refractivity contribution is 6.04. The third kappa shape index (κ3) is 3.55. The predicted molar refractivity (Wildman–Crippen MR) is 77.7 cm³/mol. The molecule has 0 saturated carbocycles. The first-order valence-corrected chi connectivity index (χ1v) is 6.42. The maximum absolute atomic E-state index is 12.1. The van der Waals surface area contributed by atoms with Crippen molar-refractivity contribution >= 4 is 11.6 Å². The third-order valence-electron chi connectivity index (χ3n) is 2.71. The molecule has 0 spiro atoms. The van der Waals surface area contributed by atoms with Crippen LogP contribution in [0.5, 0.6) is 5.88 Å². The van der Waals surface area contributed by atoms with E-state index in [1.807, 2.05) is 19.1 Å². The second-order valence-corrected chi connectivity index (χ2v) is 4.18. The van der Waals surface area contributed by atoms with E-state index >= 15 is 0 Å². The van der Waals surface area contributed by atoms with Gasteiger partial charge in [-0.2, -0.15) is 0 Å². The summed E-state index contributed by atoms with van der Waals surface area (Å²) in [5.74, 6) is 0.349. The Labute approximate surface area is 117 Å². The number of benzene rings is 1. The molecule has 2 rings (SSSR count). The van der Waals surface area contributed by atoms with Gasteiger partial charge in [0.1, 0.15) is 0 Å². The van der Waals surface area contributed by atoms with E-state index in [0.717, 1.165) is 5.56 Å². The lowest BCUT2D eigenvalue weighted by Crippen LogP contribution is -2.12. The monoisotopic (exact) mass is 271 g/mol. The summed E-state index contributed by atoms with van der Waals surface area (Å²) in [7, 11) is 0. The molecule has 0 unspecified atom stereocenters. The van der Waals surface area contributed by atoms with E-state index < -0.39 is 0 Å². The van der Waals surface area contributed by atoms with Crippen LogP contribution in [0.25, 0.3) is 0 Å². The number of anilines is 1. The van der Waals surface area contributed by atoms with Crippen LogP contribution in [0.15, 0.2) is 42.6 Å². The highest BCUT2D eigenvalue weighted by atomic mass is 16.5. The molecule has 0 fully saturated rings. The van der Waals surface area contributed by atoms with Crippen LogP contribution in [-0.2, 0) is 6.54 Å². The number of amides is 1. The molecule has 2 aromatic rings. The molecule has 0 saturated heterocycles. The summed E-state index contributed by atoms with van der Waals surface area (Å²) in [6.07, 6.45) is 1.57. The van der Waals surface area contributed by atoms with Crippen LogP contribution in [0.4, 0.5) is 5.69 Å². The van der Waals surface area contributed by atoms with Gasteiger partial charge < -0.3 is 15.8 Å². The van der Waals surface area contributed by atoms with E-state index in [4.69, 9.17) is 10.5 Å². The Morgan fingerprint density at radius 1 is 1.35 bits per heavy atom. The third-order valence-corrected chi connectivity index (χ3v) is 2.71. The van der Waals surface area contributed by atoms with Crippen molar-refractivity contribution < 1.29 is 9.53 Å². The number of carbonyl (C=O) groups is 1. The van der Waals surface area contributed by atoms with Crippen LogP contribution in [0, 0.1) is 0 Å². The Kier molecular flexibility index (Phi) is 4.68. The number of rotatable bonds is 5. The molecule has 0 aliphatic rings. The van der Waals surface area contributed by atoms with Crippen LogP contribution >= 0.6 is 0 Å². The van der Waals surface area contributed by atoms with Crippen molar-refractivity contribution in [3.05, 3.63) is 53.7 Å². The van der Waals surface area contributed by atoms with Crippen LogP contribution in [0.3, 0.4) is 0 Å². The smallest absolute Gasteiger partial charge is 0.255 e. The van der Waals surface area contributed by atoms with Crippen molar-refractivity contribution in [2.75, 3.05) is 11.9 Å². The maximum Gasteiger partial charge on any atom is 0.255 e. The molecule has 1 aromatic carbocycles. The van der Waals surface area contributed by atoms with Gasteiger partial charge in [0, 0.05) is 18.2 Å².